The summed E-state index contributed by atoms with van der Waals surface area (Å²) in [7, 11) is 0. The molecule has 12 heteroatoms. The normalized spacial score (nSPS) is 14.8. The van der Waals surface area contributed by atoms with Gasteiger partial charge in [-0.05, 0) is 11.5 Å². The van der Waals surface area contributed by atoms with Crippen molar-refractivity contribution in [3.8, 4) is 0 Å². The van der Waals surface area contributed by atoms with Gasteiger partial charge in [0, 0.05) is 31.2 Å². The van der Waals surface area contributed by atoms with Gasteiger partial charge in [-0.1, -0.05) is 43.7 Å². The van der Waals surface area contributed by atoms with Crippen LogP contribution in [0.4, 0.5) is 0 Å². The zero-order valence-corrected chi connectivity index (χ0v) is 26.2. The van der Waals surface area contributed by atoms with Crippen molar-refractivity contribution < 1.29 is 91.7 Å². The molecule has 0 saturated carbocycles. The molecule has 0 spiro atoms. The number of nitrogens with one attached hydrogen (secondary N) is 1. The molecule has 2 heterocycles. The maximum atomic E-state index is 12.2. The van der Waals surface area contributed by atoms with Gasteiger partial charge < -0.3 is 20.2 Å². The smallest absolute Gasteiger partial charge is 0.648 e. The summed E-state index contributed by atoms with van der Waals surface area (Å²) < 4.78 is 5.22. The molecule has 192 valence electrons. The van der Waals surface area contributed by atoms with Gasteiger partial charge >= 0.3 is 58.2 Å². The van der Waals surface area contributed by atoms with Crippen LogP contribution in [0.3, 0.4) is 0 Å². The van der Waals surface area contributed by atoms with Crippen LogP contribution in [0.25, 0.3) is 5.32 Å². The van der Waals surface area contributed by atoms with Crippen LogP contribution in [-0.4, -0.2) is 78.1 Å². The van der Waals surface area contributed by atoms with Crippen molar-refractivity contribution >= 4 is 35.4 Å². The van der Waals surface area contributed by atoms with Gasteiger partial charge in [0.05, 0.1) is 25.5 Å². The summed E-state index contributed by atoms with van der Waals surface area (Å²) in [6, 6.07) is 7.06. The molecule has 2 aliphatic heterocycles. The van der Waals surface area contributed by atoms with Crippen LogP contribution >= 0.6 is 0 Å². The number of amides is 6. The maximum absolute atomic E-state index is 12.2. The molecule has 3 rings (SSSR count). The third-order valence-corrected chi connectivity index (χ3v) is 5.72. The van der Waals surface area contributed by atoms with Gasteiger partial charge in [0.1, 0.15) is 6.54 Å². The number of rotatable bonds is 12. The molecule has 1 aromatic carbocycles. The standard InChI is InChI=1S/C25H30N4O7.Rb/c1-16(2)19-12-24(34)29(25(19)35)14-20(30)26-8-10-36-15-21(31)27-13-18-5-3-17(4-6-18)11-23(33)28-9-7-22(28)32;/h3-6,12,16H,7-11,13-15H2,1-2H3,(H2,26,27,30,31);/q;+1/p-1. The van der Waals surface area contributed by atoms with Crippen LogP contribution in [0.15, 0.2) is 35.9 Å². The molecular formula is C25H29N4O7Rb. The third-order valence-electron chi connectivity index (χ3n) is 5.72. The first-order valence-electron chi connectivity index (χ1n) is 11.7. The van der Waals surface area contributed by atoms with E-state index in [0.29, 0.717) is 18.5 Å². The molecule has 0 bridgehead atoms. The van der Waals surface area contributed by atoms with E-state index in [1.807, 2.05) is 0 Å². The van der Waals surface area contributed by atoms with Crippen molar-refractivity contribution in [2.75, 3.05) is 32.8 Å². The van der Waals surface area contributed by atoms with Crippen LogP contribution < -0.4 is 63.5 Å². The molecule has 0 radical (unpaired) electrons. The number of carbonyl (C=O) groups excluding carboxylic acids is 6. The number of hydrogen-bond donors (Lipinski definition) is 1. The molecule has 1 aromatic rings. The zero-order chi connectivity index (χ0) is 26.2. The van der Waals surface area contributed by atoms with Gasteiger partial charge in [0.15, 0.2) is 0 Å². The first kappa shape index (κ1) is 31.2. The van der Waals surface area contributed by atoms with Crippen molar-refractivity contribution in [1.82, 2.24) is 15.1 Å². The summed E-state index contributed by atoms with van der Waals surface area (Å²) in [5.74, 6) is -2.40. The van der Waals surface area contributed by atoms with E-state index in [2.05, 4.69) is 10.6 Å². The van der Waals surface area contributed by atoms with Crippen LogP contribution in [0, 0.1) is 5.92 Å². The number of imide groups is 2. The van der Waals surface area contributed by atoms with Gasteiger partial charge in [-0.3, -0.25) is 33.8 Å². The Kier molecular flexibility index (Phi) is 12.4. The Hall–Kier alpha value is -2.05. The van der Waals surface area contributed by atoms with Crippen LogP contribution in [0.1, 0.15) is 31.4 Å². The van der Waals surface area contributed by atoms with E-state index in [-0.39, 0.29) is 115 Å². The molecule has 11 nitrogen and oxygen atoms in total. The minimum Gasteiger partial charge on any atom is -0.648 e. The number of benzene rings is 1. The Balaban J connectivity index is 0.00000481. The van der Waals surface area contributed by atoms with Gasteiger partial charge in [-0.2, -0.15) is 0 Å². The SMILES string of the molecule is CC(C)C1=CC(=O)N(CC(=O)NCCOCC(=O)[N-]Cc2ccc(CC(=O)N3CCC3=O)cc2)C1=O.[Rb+]. The van der Waals surface area contributed by atoms with Gasteiger partial charge in [0.25, 0.3) is 11.8 Å². The fourth-order valence-corrected chi connectivity index (χ4v) is 3.55. The largest absolute Gasteiger partial charge is 1.00 e. The van der Waals surface area contributed by atoms with Crippen molar-refractivity contribution in [3.63, 3.8) is 0 Å². The number of ether oxygens (including phenoxy) is 1. The molecule has 37 heavy (non-hydrogen) atoms. The topological polar surface area (TPSA) is 144 Å². The van der Waals surface area contributed by atoms with E-state index in [1.165, 1.54) is 11.0 Å². The number of carbonyl (C=O) groups is 6. The Morgan fingerprint density at radius 3 is 2.32 bits per heavy atom. The summed E-state index contributed by atoms with van der Waals surface area (Å²) in [6.07, 6.45) is 1.82. The summed E-state index contributed by atoms with van der Waals surface area (Å²) in [4.78, 5) is 73.5. The summed E-state index contributed by atoms with van der Waals surface area (Å²) in [5.41, 5.74) is 1.94. The molecule has 0 unspecified atom stereocenters. The Bertz CT molecular complexity index is 1090. The molecule has 0 aromatic heterocycles. The summed E-state index contributed by atoms with van der Waals surface area (Å²) in [6.45, 7) is 3.77. The third kappa shape index (κ3) is 9.03. The molecule has 2 aliphatic rings. The van der Waals surface area contributed by atoms with E-state index < -0.39 is 23.6 Å². The Morgan fingerprint density at radius 2 is 1.76 bits per heavy atom. The number of likely N-dealkylation sites (tertiary alicyclic amines) is 1. The fourth-order valence-electron chi connectivity index (χ4n) is 3.55. The van der Waals surface area contributed by atoms with Crippen molar-refractivity contribution in [2.24, 2.45) is 5.92 Å². The molecule has 1 saturated heterocycles. The van der Waals surface area contributed by atoms with Gasteiger partial charge in [-0.15, -0.1) is 6.54 Å². The second kappa shape index (κ2) is 14.8. The van der Waals surface area contributed by atoms with Crippen molar-refractivity contribution in [2.45, 2.75) is 33.2 Å². The Labute approximate surface area is 264 Å². The molecule has 1 N–H and O–H groups in total. The minimum atomic E-state index is -0.506. The quantitative estimate of drug-likeness (QED) is 0.163. The first-order valence-corrected chi connectivity index (χ1v) is 11.7. The molecule has 0 atom stereocenters. The monoisotopic (exact) mass is 582 g/mol. The van der Waals surface area contributed by atoms with E-state index in [9.17, 15) is 28.8 Å². The van der Waals surface area contributed by atoms with Crippen molar-refractivity contribution in [3.05, 3.63) is 52.4 Å². The van der Waals surface area contributed by atoms with Gasteiger partial charge in [-0.25, -0.2) is 0 Å². The number of hydrogen-bond acceptors (Lipinski definition) is 7. The molecule has 1 fully saturated rings. The van der Waals surface area contributed by atoms with Crippen LogP contribution in [0.2, 0.25) is 0 Å². The van der Waals surface area contributed by atoms with E-state index in [0.717, 1.165) is 16.0 Å². The zero-order valence-electron chi connectivity index (χ0n) is 21.3. The molecule has 6 amide bonds. The van der Waals surface area contributed by atoms with Crippen LogP contribution in [-0.2, 0) is 46.5 Å². The fraction of sp³-hybridized carbons (Fsp3) is 0.440. The molecule has 0 aliphatic carbocycles. The predicted molar refractivity (Wildman–Crippen MR) is 127 cm³/mol. The first-order chi connectivity index (χ1) is 17.2. The maximum Gasteiger partial charge on any atom is 1.00 e. The average Bonchev–Trinajstić information content (AvgIpc) is 3.11. The number of β-lactam (4-membered cyclic amide) rings is 1. The molecular weight excluding hydrogens is 554 g/mol. The second-order valence-electron chi connectivity index (χ2n) is 8.78. The minimum absolute atomic E-state index is 0. The summed E-state index contributed by atoms with van der Waals surface area (Å²) in [5, 5.41) is 6.47. The van der Waals surface area contributed by atoms with Crippen molar-refractivity contribution in [1.29, 1.82) is 0 Å². The van der Waals surface area contributed by atoms with E-state index >= 15 is 0 Å². The van der Waals surface area contributed by atoms with Gasteiger partial charge in [0.2, 0.25) is 17.7 Å². The second-order valence-corrected chi connectivity index (χ2v) is 8.78. The van der Waals surface area contributed by atoms with Crippen LogP contribution in [0.5, 0.6) is 0 Å². The summed E-state index contributed by atoms with van der Waals surface area (Å²) >= 11 is 0. The number of nitrogens with zero attached hydrogens (tertiary/aromatic N) is 3. The van der Waals surface area contributed by atoms with E-state index in [4.69, 9.17) is 4.74 Å². The Morgan fingerprint density at radius 1 is 1.08 bits per heavy atom. The predicted octanol–water partition coefficient (Wildman–Crippen LogP) is -2.52. The average molecular weight is 583 g/mol. The van der Waals surface area contributed by atoms with E-state index in [1.54, 1.807) is 38.1 Å².